The van der Waals surface area contributed by atoms with Crippen LogP contribution in [-0.4, -0.2) is 4.57 Å². The second kappa shape index (κ2) is 5.21. The summed E-state index contributed by atoms with van der Waals surface area (Å²) in [4.78, 5) is 0. The molecule has 0 saturated heterocycles. The second-order valence-corrected chi connectivity index (χ2v) is 6.77. The molecule has 0 N–H and O–H groups in total. The van der Waals surface area contributed by atoms with E-state index in [1.807, 2.05) is 60.7 Å². The van der Waals surface area contributed by atoms with Gasteiger partial charge in [0.2, 0.25) is 0 Å². The van der Waals surface area contributed by atoms with Crippen LogP contribution in [0.3, 0.4) is 0 Å². The first kappa shape index (κ1) is 14.6. The molecule has 0 aliphatic carbocycles. The first-order valence-corrected chi connectivity index (χ1v) is 8.90. The molecule has 0 unspecified atom stereocenters. The molecule has 2 nitrogen and oxygen atoms in total. The Morgan fingerprint density at radius 1 is 0.630 bits per heavy atom. The van der Waals surface area contributed by atoms with Crippen molar-refractivity contribution >= 4 is 43.7 Å². The lowest BCUT2D eigenvalue weighted by Gasteiger charge is -2.08. The number of benzene rings is 4. The Morgan fingerprint density at radius 3 is 2.30 bits per heavy atom. The van der Waals surface area contributed by atoms with Gasteiger partial charge in [-0.2, -0.15) is 0 Å². The van der Waals surface area contributed by atoms with Crippen LogP contribution >= 0.6 is 0 Å². The Kier molecular flexibility index (Phi) is 2.81. The molecule has 0 spiro atoms. The van der Waals surface area contributed by atoms with Crippen LogP contribution in [0.5, 0.6) is 0 Å². The number of rotatable bonds is 1. The summed E-state index contributed by atoms with van der Waals surface area (Å²) in [5.41, 5.74) is 4.57. The standard InChI is InChI=1S/C24H14FNO/c25-19-8-5-10-21-24(19)17-7-1-3-9-20(17)26(21)15-12-13-23-18(14-15)16-6-2-4-11-22(16)27-23/h1-14H. The molecular formula is C24H14FNO. The molecule has 6 rings (SSSR count). The number of nitrogens with zero attached hydrogens (tertiary/aromatic N) is 1. The molecule has 27 heavy (non-hydrogen) atoms. The van der Waals surface area contributed by atoms with E-state index in [1.165, 1.54) is 6.07 Å². The molecule has 0 atom stereocenters. The van der Waals surface area contributed by atoms with Crippen LogP contribution in [0.25, 0.3) is 49.4 Å². The van der Waals surface area contributed by atoms with E-state index in [9.17, 15) is 4.39 Å². The van der Waals surface area contributed by atoms with Gasteiger partial charge in [-0.3, -0.25) is 0 Å². The van der Waals surface area contributed by atoms with E-state index < -0.39 is 0 Å². The number of para-hydroxylation sites is 2. The molecule has 2 aromatic heterocycles. The lowest BCUT2D eigenvalue weighted by molar-refractivity contribution is 0.640. The molecule has 0 bridgehead atoms. The van der Waals surface area contributed by atoms with Gasteiger partial charge in [0.15, 0.2) is 0 Å². The Morgan fingerprint density at radius 2 is 1.37 bits per heavy atom. The summed E-state index contributed by atoms with van der Waals surface area (Å²) in [6, 6.07) is 27.4. The van der Waals surface area contributed by atoms with Crippen molar-refractivity contribution in [2.24, 2.45) is 0 Å². The van der Waals surface area contributed by atoms with Gasteiger partial charge >= 0.3 is 0 Å². The van der Waals surface area contributed by atoms with Crippen LogP contribution < -0.4 is 0 Å². The molecule has 0 radical (unpaired) electrons. The monoisotopic (exact) mass is 351 g/mol. The minimum absolute atomic E-state index is 0.197. The summed E-state index contributed by atoms with van der Waals surface area (Å²) in [7, 11) is 0. The maximum absolute atomic E-state index is 14.6. The summed E-state index contributed by atoms with van der Waals surface area (Å²) in [6.45, 7) is 0. The van der Waals surface area contributed by atoms with Gasteiger partial charge in [-0.1, -0.05) is 42.5 Å². The number of hydrogen-bond acceptors (Lipinski definition) is 1. The van der Waals surface area contributed by atoms with Crippen LogP contribution in [-0.2, 0) is 0 Å². The first-order valence-electron chi connectivity index (χ1n) is 8.90. The zero-order valence-electron chi connectivity index (χ0n) is 14.3. The van der Waals surface area contributed by atoms with Crippen molar-refractivity contribution < 1.29 is 8.81 Å². The number of furan rings is 1. The summed E-state index contributed by atoms with van der Waals surface area (Å²) in [5, 5.41) is 3.72. The Balaban J connectivity index is 1.77. The van der Waals surface area contributed by atoms with Crippen molar-refractivity contribution in [1.82, 2.24) is 4.57 Å². The van der Waals surface area contributed by atoms with Gasteiger partial charge in [0.1, 0.15) is 17.0 Å². The zero-order valence-corrected chi connectivity index (χ0v) is 14.3. The highest BCUT2D eigenvalue weighted by Crippen LogP contribution is 2.36. The van der Waals surface area contributed by atoms with Gasteiger partial charge in [-0.05, 0) is 42.5 Å². The van der Waals surface area contributed by atoms with E-state index in [-0.39, 0.29) is 5.82 Å². The fraction of sp³-hybridized carbons (Fsp3) is 0. The van der Waals surface area contributed by atoms with E-state index >= 15 is 0 Å². The molecule has 2 heterocycles. The van der Waals surface area contributed by atoms with Gasteiger partial charge in [-0.25, -0.2) is 4.39 Å². The zero-order chi connectivity index (χ0) is 18.0. The minimum Gasteiger partial charge on any atom is -0.456 e. The SMILES string of the molecule is Fc1cccc2c1c1ccccc1n2-c1ccc2oc3ccccc3c2c1. The Labute approximate surface area is 154 Å². The largest absolute Gasteiger partial charge is 0.456 e. The van der Waals surface area contributed by atoms with Crippen LogP contribution in [0.2, 0.25) is 0 Å². The van der Waals surface area contributed by atoms with Crippen molar-refractivity contribution in [2.45, 2.75) is 0 Å². The van der Waals surface area contributed by atoms with Crippen LogP contribution in [0, 0.1) is 5.82 Å². The number of fused-ring (bicyclic) bond motifs is 6. The molecule has 4 aromatic carbocycles. The predicted octanol–water partition coefficient (Wildman–Crippen LogP) is 6.82. The van der Waals surface area contributed by atoms with Crippen LogP contribution in [0.1, 0.15) is 0 Å². The van der Waals surface area contributed by atoms with E-state index in [4.69, 9.17) is 4.42 Å². The topological polar surface area (TPSA) is 18.1 Å². The Bertz CT molecular complexity index is 1490. The van der Waals surface area contributed by atoms with E-state index in [1.54, 1.807) is 6.07 Å². The van der Waals surface area contributed by atoms with Gasteiger partial charge in [0.05, 0.1) is 11.0 Å². The third kappa shape index (κ3) is 1.94. The highest BCUT2D eigenvalue weighted by molar-refractivity contribution is 6.10. The molecule has 0 saturated carbocycles. The lowest BCUT2D eigenvalue weighted by Crippen LogP contribution is -1.93. The fourth-order valence-electron chi connectivity index (χ4n) is 4.11. The van der Waals surface area contributed by atoms with Crippen molar-refractivity contribution in [1.29, 1.82) is 0 Å². The predicted molar refractivity (Wildman–Crippen MR) is 108 cm³/mol. The summed E-state index contributed by atoms with van der Waals surface area (Å²) in [6.07, 6.45) is 0. The smallest absolute Gasteiger partial charge is 0.135 e. The molecule has 3 heteroatoms. The van der Waals surface area contributed by atoms with Gasteiger partial charge in [0.25, 0.3) is 0 Å². The quantitative estimate of drug-likeness (QED) is 0.318. The summed E-state index contributed by atoms with van der Waals surface area (Å²) in [5.74, 6) is -0.197. The average Bonchev–Trinajstić information content (AvgIpc) is 3.24. The Hall–Kier alpha value is -3.59. The average molecular weight is 351 g/mol. The van der Waals surface area contributed by atoms with Crippen molar-refractivity contribution in [3.8, 4) is 5.69 Å². The molecule has 0 aliphatic rings. The van der Waals surface area contributed by atoms with Crippen LogP contribution in [0.4, 0.5) is 4.39 Å². The highest BCUT2D eigenvalue weighted by atomic mass is 19.1. The van der Waals surface area contributed by atoms with Crippen molar-refractivity contribution in [2.75, 3.05) is 0 Å². The molecule has 0 aliphatic heterocycles. The van der Waals surface area contributed by atoms with Gasteiger partial charge < -0.3 is 8.98 Å². The lowest BCUT2D eigenvalue weighted by atomic mass is 10.1. The number of hydrogen-bond donors (Lipinski definition) is 0. The van der Waals surface area contributed by atoms with Crippen molar-refractivity contribution in [3.05, 3.63) is 90.7 Å². The van der Waals surface area contributed by atoms with Gasteiger partial charge in [-0.15, -0.1) is 0 Å². The number of aromatic nitrogens is 1. The fourth-order valence-corrected chi connectivity index (χ4v) is 4.11. The number of halogens is 1. The third-order valence-electron chi connectivity index (χ3n) is 5.27. The van der Waals surface area contributed by atoms with E-state index in [2.05, 4.69) is 16.7 Å². The first-order chi connectivity index (χ1) is 13.3. The molecule has 0 fully saturated rings. The summed E-state index contributed by atoms with van der Waals surface area (Å²) >= 11 is 0. The van der Waals surface area contributed by atoms with Crippen molar-refractivity contribution in [3.63, 3.8) is 0 Å². The molecule has 0 amide bonds. The summed E-state index contributed by atoms with van der Waals surface area (Å²) < 4.78 is 22.7. The molecule has 128 valence electrons. The van der Waals surface area contributed by atoms with Gasteiger partial charge in [0, 0.05) is 27.2 Å². The minimum atomic E-state index is -0.197. The van der Waals surface area contributed by atoms with E-state index in [0.717, 1.165) is 44.0 Å². The van der Waals surface area contributed by atoms with Crippen LogP contribution in [0.15, 0.2) is 89.3 Å². The third-order valence-corrected chi connectivity index (χ3v) is 5.27. The highest BCUT2D eigenvalue weighted by Gasteiger charge is 2.16. The molecule has 6 aromatic rings. The molecular weight excluding hydrogens is 337 g/mol. The second-order valence-electron chi connectivity index (χ2n) is 6.77. The normalized spacial score (nSPS) is 11.9. The van der Waals surface area contributed by atoms with E-state index in [0.29, 0.717) is 5.39 Å². The maximum Gasteiger partial charge on any atom is 0.135 e. The maximum atomic E-state index is 14.6.